The van der Waals surface area contributed by atoms with Gasteiger partial charge in [0.2, 0.25) is 0 Å². The highest BCUT2D eigenvalue weighted by atomic mass is 32.2. The van der Waals surface area contributed by atoms with Crippen LogP contribution in [-0.2, 0) is 14.9 Å². The molecule has 0 aromatic rings. The van der Waals surface area contributed by atoms with Gasteiger partial charge in [0.1, 0.15) is 18.3 Å². The summed E-state index contributed by atoms with van der Waals surface area (Å²) in [4.78, 5) is 1.54. The number of nitrogens with zero attached hydrogens (tertiary/aromatic N) is 1. The first-order valence-corrected chi connectivity index (χ1v) is 5.46. The van der Waals surface area contributed by atoms with E-state index < -0.39 is 22.0 Å². The Kier molecular flexibility index (Phi) is 3.50. The van der Waals surface area contributed by atoms with Crippen molar-refractivity contribution in [3.8, 4) is 0 Å². The molecule has 1 atom stereocenters. The summed E-state index contributed by atoms with van der Waals surface area (Å²) >= 11 is 0. The number of aliphatic hydroxyl groups is 1. The van der Waals surface area contributed by atoms with Crippen LogP contribution in [0.25, 0.3) is 0 Å². The molecule has 0 saturated heterocycles. The monoisotopic (exact) mass is 221 g/mol. The number of rotatable bonds is 4. The highest BCUT2D eigenvalue weighted by Gasteiger charge is 2.15. The fourth-order valence-electron chi connectivity index (χ4n) is 0.983. The quantitative estimate of drug-likeness (QED) is 0.623. The van der Waals surface area contributed by atoms with Crippen LogP contribution in [0.5, 0.6) is 0 Å². The van der Waals surface area contributed by atoms with E-state index in [9.17, 15) is 13.5 Å². The minimum absolute atomic E-state index is 0.0795. The molecule has 6 nitrogen and oxygen atoms in total. The summed E-state index contributed by atoms with van der Waals surface area (Å²) < 4.78 is 34.0. The largest absolute Gasteiger partial charge is 0.470 e. The maximum Gasteiger partial charge on any atom is 0.267 e. The van der Waals surface area contributed by atoms with Crippen LogP contribution in [0.1, 0.15) is 0 Å². The molecular formula is C7H11NO5S. The molecule has 1 aliphatic heterocycles. The molecular weight excluding hydrogens is 210 g/mol. The molecule has 2 N–H and O–H groups in total. The fraction of sp³-hybridized carbons (Fsp3) is 0.429. The van der Waals surface area contributed by atoms with Crippen molar-refractivity contribution in [2.24, 2.45) is 0 Å². The molecule has 1 heterocycles. The molecule has 0 bridgehead atoms. The van der Waals surface area contributed by atoms with E-state index in [1.54, 1.807) is 4.90 Å². The Balaban J connectivity index is 2.40. The van der Waals surface area contributed by atoms with E-state index in [1.807, 2.05) is 0 Å². The SMILES string of the molecule is O=S(=O)(O)C[C@H](O)CN1C=COC=C1. The van der Waals surface area contributed by atoms with E-state index >= 15 is 0 Å². The van der Waals surface area contributed by atoms with Crippen LogP contribution in [-0.4, -0.2) is 41.4 Å². The molecule has 0 spiro atoms. The maximum absolute atomic E-state index is 10.4. The highest BCUT2D eigenvalue weighted by molar-refractivity contribution is 7.85. The first-order valence-electron chi connectivity index (χ1n) is 3.85. The standard InChI is InChI=1S/C7H11NO5S/c9-7(6-14(10,11)12)5-8-1-3-13-4-2-8/h1-4,7,9H,5-6H2,(H,10,11,12)/t7-/m1/s1. The number of β-amino-alcohol motifs (C(OH)–C–C–N with tert-alkyl or cyclic N) is 1. The van der Waals surface area contributed by atoms with Gasteiger partial charge in [-0.05, 0) is 0 Å². The van der Waals surface area contributed by atoms with Gasteiger partial charge in [0.15, 0.2) is 0 Å². The second-order valence-corrected chi connectivity index (χ2v) is 4.30. The third kappa shape index (κ3) is 4.26. The Bertz CT molecular complexity index is 322. The van der Waals surface area contributed by atoms with Crippen LogP contribution in [0.2, 0.25) is 0 Å². The Morgan fingerprint density at radius 1 is 1.36 bits per heavy atom. The van der Waals surface area contributed by atoms with Crippen molar-refractivity contribution in [2.75, 3.05) is 12.3 Å². The number of hydrogen-bond acceptors (Lipinski definition) is 5. The van der Waals surface area contributed by atoms with Crippen LogP contribution >= 0.6 is 0 Å². The summed E-state index contributed by atoms with van der Waals surface area (Å²) in [7, 11) is -4.13. The summed E-state index contributed by atoms with van der Waals surface area (Å²) in [5.41, 5.74) is 0. The fourth-order valence-corrected chi connectivity index (χ4v) is 1.57. The molecule has 0 aromatic carbocycles. The van der Waals surface area contributed by atoms with Gasteiger partial charge in [-0.2, -0.15) is 8.42 Å². The average molecular weight is 221 g/mol. The van der Waals surface area contributed by atoms with Crippen molar-refractivity contribution in [2.45, 2.75) is 6.10 Å². The molecule has 14 heavy (non-hydrogen) atoms. The van der Waals surface area contributed by atoms with Crippen molar-refractivity contribution in [1.29, 1.82) is 0 Å². The number of ether oxygens (including phenoxy) is 1. The van der Waals surface area contributed by atoms with E-state index in [1.165, 1.54) is 24.9 Å². The molecule has 0 fully saturated rings. The van der Waals surface area contributed by atoms with E-state index in [0.717, 1.165) is 0 Å². The van der Waals surface area contributed by atoms with Crippen LogP contribution in [0.3, 0.4) is 0 Å². The Hall–Kier alpha value is -1.05. The lowest BCUT2D eigenvalue weighted by Gasteiger charge is -2.20. The molecule has 0 aliphatic carbocycles. The maximum atomic E-state index is 10.4. The summed E-state index contributed by atoms with van der Waals surface area (Å²) in [6, 6.07) is 0. The van der Waals surface area contributed by atoms with Gasteiger partial charge in [0, 0.05) is 18.9 Å². The minimum atomic E-state index is -4.13. The lowest BCUT2D eigenvalue weighted by Crippen LogP contribution is -2.31. The number of hydrogen-bond donors (Lipinski definition) is 2. The van der Waals surface area contributed by atoms with Crippen LogP contribution in [0.4, 0.5) is 0 Å². The molecule has 7 heteroatoms. The van der Waals surface area contributed by atoms with Gasteiger partial charge >= 0.3 is 0 Å². The Morgan fingerprint density at radius 2 is 1.93 bits per heavy atom. The van der Waals surface area contributed by atoms with E-state index in [2.05, 4.69) is 0 Å². The second kappa shape index (κ2) is 4.45. The molecule has 0 unspecified atom stereocenters. The Labute approximate surface area is 81.8 Å². The molecule has 0 amide bonds. The molecule has 80 valence electrons. The highest BCUT2D eigenvalue weighted by Crippen LogP contribution is 2.02. The zero-order chi connectivity index (χ0) is 10.6. The second-order valence-electron chi connectivity index (χ2n) is 2.81. The van der Waals surface area contributed by atoms with Crippen LogP contribution in [0, 0.1) is 0 Å². The smallest absolute Gasteiger partial charge is 0.267 e. The lowest BCUT2D eigenvalue weighted by molar-refractivity contribution is 0.163. The minimum Gasteiger partial charge on any atom is -0.470 e. The van der Waals surface area contributed by atoms with Crippen molar-refractivity contribution in [3.63, 3.8) is 0 Å². The predicted molar refractivity (Wildman–Crippen MR) is 48.5 cm³/mol. The number of aliphatic hydroxyl groups excluding tert-OH is 1. The summed E-state index contributed by atoms with van der Waals surface area (Å²) in [5, 5.41) is 9.25. The van der Waals surface area contributed by atoms with Crippen molar-refractivity contribution >= 4 is 10.1 Å². The normalized spacial score (nSPS) is 18.0. The van der Waals surface area contributed by atoms with Gasteiger partial charge in [0.05, 0.1) is 6.10 Å². The van der Waals surface area contributed by atoms with Crippen LogP contribution < -0.4 is 0 Å². The van der Waals surface area contributed by atoms with Gasteiger partial charge < -0.3 is 14.7 Å². The van der Waals surface area contributed by atoms with Crippen molar-refractivity contribution in [3.05, 3.63) is 24.9 Å². The topological polar surface area (TPSA) is 87.1 Å². The van der Waals surface area contributed by atoms with Crippen LogP contribution in [0.15, 0.2) is 24.9 Å². The zero-order valence-electron chi connectivity index (χ0n) is 7.28. The van der Waals surface area contributed by atoms with Gasteiger partial charge in [0.25, 0.3) is 10.1 Å². The lowest BCUT2D eigenvalue weighted by atomic mass is 10.4. The van der Waals surface area contributed by atoms with E-state index in [-0.39, 0.29) is 6.54 Å². The molecule has 0 aromatic heterocycles. The van der Waals surface area contributed by atoms with E-state index in [4.69, 9.17) is 9.29 Å². The molecule has 1 rings (SSSR count). The van der Waals surface area contributed by atoms with Crippen molar-refractivity contribution < 1.29 is 22.8 Å². The van der Waals surface area contributed by atoms with E-state index in [0.29, 0.717) is 0 Å². The summed E-state index contributed by atoms with van der Waals surface area (Å²) in [5.74, 6) is -0.675. The molecule has 0 radical (unpaired) electrons. The molecule has 1 aliphatic rings. The first kappa shape index (κ1) is 11.0. The Morgan fingerprint density at radius 3 is 2.43 bits per heavy atom. The zero-order valence-corrected chi connectivity index (χ0v) is 8.09. The van der Waals surface area contributed by atoms with Gasteiger partial charge in [-0.3, -0.25) is 4.55 Å². The van der Waals surface area contributed by atoms with Gasteiger partial charge in [-0.25, -0.2) is 0 Å². The molecule has 0 saturated carbocycles. The third-order valence-corrected chi connectivity index (χ3v) is 2.29. The van der Waals surface area contributed by atoms with Gasteiger partial charge in [-0.1, -0.05) is 0 Å². The average Bonchev–Trinajstić information content (AvgIpc) is 2.02. The van der Waals surface area contributed by atoms with Gasteiger partial charge in [-0.15, -0.1) is 0 Å². The summed E-state index contributed by atoms with van der Waals surface area (Å²) in [6.45, 7) is 0.0795. The van der Waals surface area contributed by atoms with Crippen molar-refractivity contribution in [1.82, 2.24) is 4.90 Å². The summed E-state index contributed by atoms with van der Waals surface area (Å²) in [6.07, 6.45) is 4.71. The predicted octanol–water partition coefficient (Wildman–Crippen LogP) is -0.490. The third-order valence-electron chi connectivity index (χ3n) is 1.49. The first-order chi connectivity index (χ1) is 6.47.